The third kappa shape index (κ3) is 3.58. The van der Waals surface area contributed by atoms with Crippen LogP contribution in [-0.4, -0.2) is 44.5 Å². The second-order valence-electron chi connectivity index (χ2n) is 6.75. The number of aromatic amines is 1. The average Bonchev–Trinajstić information content (AvgIpc) is 3.17. The maximum atomic E-state index is 12.6. The Bertz CT molecular complexity index is 948. The number of carbonyl (C=O) groups excluding carboxylic acids is 1. The molecule has 1 saturated heterocycles. The van der Waals surface area contributed by atoms with E-state index in [9.17, 15) is 4.79 Å². The lowest BCUT2D eigenvalue weighted by Crippen LogP contribution is -2.59. The summed E-state index contributed by atoms with van der Waals surface area (Å²) in [4.78, 5) is 30.5. The fraction of sp³-hybridized carbons (Fsp3) is 0.333. The number of halogens is 1. The normalized spacial score (nSPS) is 16.4. The predicted molar refractivity (Wildman–Crippen MR) is 103 cm³/mol. The van der Waals surface area contributed by atoms with Crippen molar-refractivity contribution >= 4 is 34.4 Å². The Morgan fingerprint density at radius 2 is 2.07 bits per heavy atom. The topological polar surface area (TPSA) is 113 Å². The number of hydrogen-bond donors (Lipinski definition) is 3. The van der Waals surface area contributed by atoms with Crippen LogP contribution in [0.2, 0.25) is 5.15 Å². The number of aromatic nitrogens is 4. The van der Waals surface area contributed by atoms with Crippen LogP contribution in [0.15, 0.2) is 36.9 Å². The van der Waals surface area contributed by atoms with E-state index in [-0.39, 0.29) is 5.91 Å². The molecule has 4 heterocycles. The quantitative estimate of drug-likeness (QED) is 0.588. The van der Waals surface area contributed by atoms with E-state index < -0.39 is 5.54 Å². The van der Waals surface area contributed by atoms with Crippen LogP contribution < -0.4 is 16.0 Å². The summed E-state index contributed by atoms with van der Waals surface area (Å²) in [6.07, 6.45) is 6.14. The van der Waals surface area contributed by atoms with Crippen molar-refractivity contribution in [1.82, 2.24) is 25.3 Å². The molecular weight excluding hydrogens is 366 g/mol. The Morgan fingerprint density at radius 1 is 1.26 bits per heavy atom. The number of carbonyl (C=O) groups is 1. The lowest BCUT2D eigenvalue weighted by atomic mass is 9.87. The monoisotopic (exact) mass is 385 g/mol. The summed E-state index contributed by atoms with van der Waals surface area (Å²) in [5.41, 5.74) is 7.21. The highest BCUT2D eigenvalue weighted by Crippen LogP contribution is 2.28. The zero-order valence-corrected chi connectivity index (χ0v) is 15.4. The first-order valence-corrected chi connectivity index (χ1v) is 9.14. The SMILES string of the molecule is NC1(C(=O)NCc2ccc(Cl)nc2)CCN(c2ncnc3[nH]ccc23)CC1. The van der Waals surface area contributed by atoms with E-state index in [0.717, 1.165) is 22.4 Å². The van der Waals surface area contributed by atoms with Crippen LogP contribution in [0.25, 0.3) is 11.0 Å². The second-order valence-corrected chi connectivity index (χ2v) is 7.14. The first-order chi connectivity index (χ1) is 13.0. The van der Waals surface area contributed by atoms with Crippen LogP contribution in [0, 0.1) is 0 Å². The van der Waals surface area contributed by atoms with E-state index in [1.54, 1.807) is 18.6 Å². The van der Waals surface area contributed by atoms with Gasteiger partial charge in [-0.05, 0) is 30.5 Å². The lowest BCUT2D eigenvalue weighted by Gasteiger charge is -2.38. The smallest absolute Gasteiger partial charge is 0.240 e. The van der Waals surface area contributed by atoms with Crippen LogP contribution in [0.4, 0.5) is 5.82 Å². The minimum atomic E-state index is -0.888. The minimum Gasteiger partial charge on any atom is -0.356 e. The van der Waals surface area contributed by atoms with Gasteiger partial charge in [0.25, 0.3) is 0 Å². The highest BCUT2D eigenvalue weighted by Gasteiger charge is 2.38. The molecule has 0 bridgehead atoms. The molecule has 3 aromatic heterocycles. The van der Waals surface area contributed by atoms with Gasteiger partial charge in [0.2, 0.25) is 5.91 Å². The van der Waals surface area contributed by atoms with Gasteiger partial charge in [-0.25, -0.2) is 15.0 Å². The number of rotatable bonds is 4. The maximum Gasteiger partial charge on any atom is 0.240 e. The molecule has 27 heavy (non-hydrogen) atoms. The lowest BCUT2D eigenvalue weighted by molar-refractivity contribution is -0.127. The van der Waals surface area contributed by atoms with E-state index in [1.165, 1.54) is 0 Å². The summed E-state index contributed by atoms with van der Waals surface area (Å²) in [7, 11) is 0. The zero-order valence-electron chi connectivity index (χ0n) is 14.7. The molecule has 8 nitrogen and oxygen atoms in total. The highest BCUT2D eigenvalue weighted by atomic mass is 35.5. The summed E-state index contributed by atoms with van der Waals surface area (Å²) in [6.45, 7) is 1.69. The van der Waals surface area contributed by atoms with Gasteiger partial charge in [0.05, 0.1) is 10.9 Å². The number of pyridine rings is 1. The largest absolute Gasteiger partial charge is 0.356 e. The number of hydrogen-bond acceptors (Lipinski definition) is 6. The van der Waals surface area contributed by atoms with Crippen molar-refractivity contribution in [3.8, 4) is 0 Å². The molecule has 140 valence electrons. The fourth-order valence-electron chi connectivity index (χ4n) is 3.32. The van der Waals surface area contributed by atoms with Gasteiger partial charge >= 0.3 is 0 Å². The number of anilines is 1. The average molecular weight is 386 g/mol. The molecule has 0 saturated carbocycles. The van der Waals surface area contributed by atoms with Crippen LogP contribution in [-0.2, 0) is 11.3 Å². The summed E-state index contributed by atoms with van der Waals surface area (Å²) in [5.74, 6) is 0.725. The number of piperidine rings is 1. The number of nitrogens with zero attached hydrogens (tertiary/aromatic N) is 4. The van der Waals surface area contributed by atoms with Crippen LogP contribution in [0.5, 0.6) is 0 Å². The van der Waals surface area contributed by atoms with Gasteiger partial charge < -0.3 is 20.9 Å². The Kier molecular flexibility index (Phi) is 4.67. The van der Waals surface area contributed by atoms with E-state index in [4.69, 9.17) is 17.3 Å². The number of nitrogens with one attached hydrogen (secondary N) is 2. The van der Waals surface area contributed by atoms with Gasteiger partial charge in [-0.1, -0.05) is 17.7 Å². The standard InChI is InChI=1S/C18H20ClN7O/c19-14-2-1-12(9-22-14)10-23-17(27)18(20)4-7-26(8-5-18)16-13-3-6-21-15(13)24-11-25-16/h1-3,6,9,11H,4-5,7-8,10,20H2,(H,23,27)(H,21,24,25). The van der Waals surface area contributed by atoms with E-state index >= 15 is 0 Å². The predicted octanol–water partition coefficient (Wildman–Crippen LogP) is 1.62. The molecule has 1 fully saturated rings. The molecule has 3 aromatic rings. The summed E-state index contributed by atoms with van der Waals surface area (Å²) >= 11 is 5.78. The van der Waals surface area contributed by atoms with Gasteiger partial charge in [-0.2, -0.15) is 0 Å². The van der Waals surface area contributed by atoms with Crippen LogP contribution in [0.3, 0.4) is 0 Å². The van der Waals surface area contributed by atoms with Crippen LogP contribution >= 0.6 is 11.6 Å². The molecule has 0 aromatic carbocycles. The molecule has 0 unspecified atom stereocenters. The summed E-state index contributed by atoms with van der Waals surface area (Å²) in [5, 5.41) is 4.31. The molecule has 0 atom stereocenters. The Balaban J connectivity index is 1.39. The third-order valence-electron chi connectivity index (χ3n) is 4.98. The van der Waals surface area contributed by atoms with Gasteiger partial charge in [-0.3, -0.25) is 4.79 Å². The van der Waals surface area contributed by atoms with Crippen molar-refractivity contribution in [2.45, 2.75) is 24.9 Å². The molecule has 1 aliphatic rings. The van der Waals surface area contributed by atoms with E-state index in [1.807, 2.05) is 18.3 Å². The zero-order chi connectivity index (χ0) is 18.9. The first-order valence-electron chi connectivity index (χ1n) is 8.76. The van der Waals surface area contributed by atoms with Gasteiger partial charge in [0.1, 0.15) is 22.9 Å². The Morgan fingerprint density at radius 3 is 2.81 bits per heavy atom. The molecule has 4 rings (SSSR count). The Labute approximate surface area is 161 Å². The molecule has 1 aliphatic heterocycles. The van der Waals surface area contributed by atoms with Crippen molar-refractivity contribution in [2.24, 2.45) is 5.73 Å². The van der Waals surface area contributed by atoms with Crippen LogP contribution in [0.1, 0.15) is 18.4 Å². The van der Waals surface area contributed by atoms with Gasteiger partial charge in [0, 0.05) is 32.0 Å². The van der Waals surface area contributed by atoms with E-state index in [2.05, 4.69) is 30.2 Å². The minimum absolute atomic E-state index is 0.147. The molecule has 4 N–H and O–H groups in total. The summed E-state index contributed by atoms with van der Waals surface area (Å²) < 4.78 is 0. The maximum absolute atomic E-state index is 12.6. The van der Waals surface area contributed by atoms with Crippen molar-refractivity contribution in [3.05, 3.63) is 47.6 Å². The number of H-pyrrole nitrogens is 1. The molecular formula is C18H20ClN7O. The van der Waals surface area contributed by atoms with Crippen molar-refractivity contribution in [1.29, 1.82) is 0 Å². The number of nitrogens with two attached hydrogens (primary N) is 1. The summed E-state index contributed by atoms with van der Waals surface area (Å²) in [6, 6.07) is 5.49. The van der Waals surface area contributed by atoms with Gasteiger partial charge in [0.15, 0.2) is 0 Å². The molecule has 0 spiro atoms. The van der Waals surface area contributed by atoms with Crippen molar-refractivity contribution in [2.75, 3.05) is 18.0 Å². The number of amides is 1. The Hall–Kier alpha value is -2.71. The van der Waals surface area contributed by atoms with E-state index in [0.29, 0.717) is 37.6 Å². The number of fused-ring (bicyclic) bond motifs is 1. The fourth-order valence-corrected chi connectivity index (χ4v) is 3.44. The second kappa shape index (κ2) is 7.13. The molecule has 0 radical (unpaired) electrons. The molecule has 1 amide bonds. The van der Waals surface area contributed by atoms with Gasteiger partial charge in [-0.15, -0.1) is 0 Å². The third-order valence-corrected chi connectivity index (χ3v) is 5.21. The molecule has 9 heteroatoms. The first kappa shape index (κ1) is 17.7. The van der Waals surface area contributed by atoms with Crippen molar-refractivity contribution < 1.29 is 4.79 Å². The molecule has 0 aliphatic carbocycles. The highest BCUT2D eigenvalue weighted by molar-refractivity contribution is 6.29. The van der Waals surface area contributed by atoms with Crippen molar-refractivity contribution in [3.63, 3.8) is 0 Å².